The number of nitrogens with two attached hydrogens (primary N) is 1. The number of hydrogen-bond donors (Lipinski definition) is 2. The number of hydrogen-bond acceptors (Lipinski definition) is 6. The molecule has 29 heavy (non-hydrogen) atoms. The van der Waals surface area contributed by atoms with E-state index in [2.05, 4.69) is 5.32 Å². The number of amides is 2. The highest BCUT2D eigenvalue weighted by Crippen LogP contribution is 2.33. The molecule has 8 nitrogen and oxygen atoms in total. The molecule has 0 saturated carbocycles. The molecule has 1 aromatic carbocycles. The quantitative estimate of drug-likeness (QED) is 0.665. The Kier molecular flexibility index (Phi) is 5.01. The van der Waals surface area contributed by atoms with Crippen molar-refractivity contribution in [2.24, 2.45) is 5.73 Å². The molecule has 1 aliphatic rings. The van der Waals surface area contributed by atoms with Crippen LogP contribution in [0, 0.1) is 0 Å². The lowest BCUT2D eigenvalue weighted by molar-refractivity contribution is -0.129. The number of fused-ring (bicyclic) bond motifs is 1. The first kappa shape index (κ1) is 19.4. The van der Waals surface area contributed by atoms with Crippen molar-refractivity contribution >= 4 is 39.4 Å². The highest BCUT2D eigenvalue weighted by atomic mass is 32.1. The van der Waals surface area contributed by atoms with Crippen LogP contribution in [0.2, 0.25) is 0 Å². The summed E-state index contributed by atoms with van der Waals surface area (Å²) in [6, 6.07) is 11.6. The zero-order valence-corrected chi connectivity index (χ0v) is 17.2. The van der Waals surface area contributed by atoms with Crippen molar-refractivity contribution in [1.82, 2.24) is 14.9 Å². The van der Waals surface area contributed by atoms with E-state index in [0.29, 0.717) is 24.3 Å². The van der Waals surface area contributed by atoms with Crippen LogP contribution < -0.4 is 16.0 Å². The van der Waals surface area contributed by atoms with E-state index in [9.17, 15) is 9.59 Å². The van der Waals surface area contributed by atoms with Crippen LogP contribution in [-0.4, -0.2) is 54.2 Å². The molecule has 152 valence electrons. The smallest absolute Gasteiger partial charge is 0.262 e. The second kappa shape index (κ2) is 7.49. The van der Waals surface area contributed by atoms with Crippen molar-refractivity contribution in [2.75, 3.05) is 32.2 Å². The number of primary amides is 1. The molecular weight excluding hydrogens is 390 g/mol. The van der Waals surface area contributed by atoms with Crippen LogP contribution in [0.5, 0.6) is 0 Å². The van der Waals surface area contributed by atoms with Gasteiger partial charge in [-0.25, -0.2) is 4.98 Å². The SMILES string of the molecule is CN(C)c1nc2cc(C(=O)N[C@@]3(C(N)=O)CCCOC3)sc2n1-c1ccccc1. The summed E-state index contributed by atoms with van der Waals surface area (Å²) in [4.78, 5) is 32.9. The fraction of sp³-hybridized carbons (Fsp3) is 0.350. The van der Waals surface area contributed by atoms with Gasteiger partial charge in [0.1, 0.15) is 15.9 Å². The zero-order valence-electron chi connectivity index (χ0n) is 16.3. The Morgan fingerprint density at radius 1 is 1.31 bits per heavy atom. The number of ether oxygens (including phenoxy) is 1. The molecule has 1 atom stereocenters. The number of thiophene rings is 1. The lowest BCUT2D eigenvalue weighted by Gasteiger charge is -2.34. The van der Waals surface area contributed by atoms with Gasteiger partial charge in [-0.2, -0.15) is 0 Å². The Morgan fingerprint density at radius 2 is 2.07 bits per heavy atom. The van der Waals surface area contributed by atoms with Gasteiger partial charge in [0, 0.05) is 26.4 Å². The average Bonchev–Trinajstić information content (AvgIpc) is 3.27. The van der Waals surface area contributed by atoms with Crippen LogP contribution in [-0.2, 0) is 9.53 Å². The third-order valence-corrected chi connectivity index (χ3v) is 6.13. The van der Waals surface area contributed by atoms with E-state index in [1.165, 1.54) is 11.3 Å². The number of anilines is 1. The molecule has 9 heteroatoms. The zero-order chi connectivity index (χ0) is 20.6. The fourth-order valence-electron chi connectivity index (χ4n) is 3.51. The minimum atomic E-state index is -1.17. The second-order valence-corrected chi connectivity index (χ2v) is 8.37. The second-order valence-electron chi connectivity index (χ2n) is 7.33. The Bertz CT molecular complexity index is 1050. The minimum absolute atomic E-state index is 0.0955. The third-order valence-electron chi connectivity index (χ3n) is 5.02. The van der Waals surface area contributed by atoms with Crippen LogP contribution in [0.1, 0.15) is 22.5 Å². The summed E-state index contributed by atoms with van der Waals surface area (Å²) in [6.45, 7) is 0.657. The topological polar surface area (TPSA) is 102 Å². The number of carbonyl (C=O) groups excluding carboxylic acids is 2. The first-order chi connectivity index (χ1) is 13.9. The highest BCUT2D eigenvalue weighted by molar-refractivity contribution is 7.20. The minimum Gasteiger partial charge on any atom is -0.378 e. The molecule has 1 saturated heterocycles. The number of aromatic nitrogens is 2. The van der Waals surface area contributed by atoms with Crippen molar-refractivity contribution in [1.29, 1.82) is 0 Å². The maximum atomic E-state index is 12.9. The van der Waals surface area contributed by atoms with Gasteiger partial charge in [-0.05, 0) is 31.0 Å². The van der Waals surface area contributed by atoms with Crippen molar-refractivity contribution in [2.45, 2.75) is 18.4 Å². The van der Waals surface area contributed by atoms with E-state index in [-0.39, 0.29) is 12.5 Å². The van der Waals surface area contributed by atoms with Gasteiger partial charge in [-0.15, -0.1) is 11.3 Å². The molecule has 1 fully saturated rings. The summed E-state index contributed by atoms with van der Waals surface area (Å²) in [7, 11) is 3.86. The third kappa shape index (κ3) is 3.47. The van der Waals surface area contributed by atoms with Gasteiger partial charge in [0.15, 0.2) is 0 Å². The molecule has 2 aromatic heterocycles. The summed E-state index contributed by atoms with van der Waals surface area (Å²) in [6.07, 6.45) is 1.14. The van der Waals surface area contributed by atoms with Crippen LogP contribution in [0.4, 0.5) is 5.95 Å². The summed E-state index contributed by atoms with van der Waals surface area (Å²) in [5.41, 5.74) is 6.10. The van der Waals surface area contributed by atoms with Gasteiger partial charge >= 0.3 is 0 Å². The maximum Gasteiger partial charge on any atom is 0.262 e. The van der Waals surface area contributed by atoms with E-state index >= 15 is 0 Å². The molecule has 3 aromatic rings. The van der Waals surface area contributed by atoms with Gasteiger partial charge in [0.05, 0.1) is 11.5 Å². The first-order valence-electron chi connectivity index (χ1n) is 9.36. The van der Waals surface area contributed by atoms with Crippen molar-refractivity contribution in [3.8, 4) is 5.69 Å². The Balaban J connectivity index is 1.72. The summed E-state index contributed by atoms with van der Waals surface area (Å²) in [5, 5.41) is 2.82. The van der Waals surface area contributed by atoms with E-state index in [1.54, 1.807) is 6.07 Å². The number of imidazole rings is 1. The van der Waals surface area contributed by atoms with E-state index in [1.807, 2.05) is 53.9 Å². The van der Waals surface area contributed by atoms with Gasteiger partial charge in [-0.3, -0.25) is 14.2 Å². The fourth-order valence-corrected chi connectivity index (χ4v) is 4.52. The number of carbonyl (C=O) groups is 2. The molecule has 4 rings (SSSR count). The molecule has 2 amide bonds. The highest BCUT2D eigenvalue weighted by Gasteiger charge is 2.40. The standard InChI is InChI=1S/C20H23N5O3S/c1-24(2)19-22-14-11-15(29-17(14)25(19)13-7-4-3-5-8-13)16(26)23-20(18(21)27)9-6-10-28-12-20/h3-5,7-8,11H,6,9-10,12H2,1-2H3,(H2,21,27)(H,23,26)/t20-/m0/s1. The summed E-state index contributed by atoms with van der Waals surface area (Å²) in [5.74, 6) is -0.143. The molecule has 0 unspecified atom stereocenters. The lowest BCUT2D eigenvalue weighted by atomic mass is 9.91. The lowest BCUT2D eigenvalue weighted by Crippen LogP contribution is -2.61. The maximum absolute atomic E-state index is 12.9. The summed E-state index contributed by atoms with van der Waals surface area (Å²) < 4.78 is 7.43. The van der Waals surface area contributed by atoms with Crippen LogP contribution in [0.3, 0.4) is 0 Å². The number of para-hydroxylation sites is 1. The molecule has 0 radical (unpaired) electrons. The predicted molar refractivity (Wildman–Crippen MR) is 113 cm³/mol. The molecule has 3 N–H and O–H groups in total. The number of nitrogens with one attached hydrogen (secondary N) is 1. The molecule has 0 spiro atoms. The van der Waals surface area contributed by atoms with E-state index in [0.717, 1.165) is 22.0 Å². The Morgan fingerprint density at radius 3 is 2.69 bits per heavy atom. The van der Waals surface area contributed by atoms with Crippen molar-refractivity contribution in [3.05, 3.63) is 41.3 Å². The van der Waals surface area contributed by atoms with E-state index < -0.39 is 11.4 Å². The first-order valence-corrected chi connectivity index (χ1v) is 10.2. The molecule has 0 aliphatic carbocycles. The van der Waals surface area contributed by atoms with Crippen molar-refractivity contribution < 1.29 is 14.3 Å². The Labute approximate surface area is 172 Å². The summed E-state index contributed by atoms with van der Waals surface area (Å²) >= 11 is 1.33. The molecule has 0 bridgehead atoms. The van der Waals surface area contributed by atoms with Gasteiger partial charge in [0.25, 0.3) is 5.91 Å². The predicted octanol–water partition coefficient (Wildman–Crippen LogP) is 1.92. The number of nitrogens with zero attached hydrogens (tertiary/aromatic N) is 3. The largest absolute Gasteiger partial charge is 0.378 e. The molecule has 3 heterocycles. The average molecular weight is 414 g/mol. The monoisotopic (exact) mass is 413 g/mol. The van der Waals surface area contributed by atoms with Gasteiger partial charge in [-0.1, -0.05) is 18.2 Å². The number of benzene rings is 1. The van der Waals surface area contributed by atoms with Crippen LogP contribution >= 0.6 is 11.3 Å². The van der Waals surface area contributed by atoms with Crippen LogP contribution in [0.15, 0.2) is 36.4 Å². The molecule has 1 aliphatic heterocycles. The van der Waals surface area contributed by atoms with E-state index in [4.69, 9.17) is 15.5 Å². The number of rotatable bonds is 5. The molecular formula is C20H23N5O3S. The van der Waals surface area contributed by atoms with Gasteiger partial charge in [0.2, 0.25) is 11.9 Å². The Hall–Kier alpha value is -2.91. The van der Waals surface area contributed by atoms with Crippen LogP contribution in [0.25, 0.3) is 16.0 Å². The van der Waals surface area contributed by atoms with Crippen molar-refractivity contribution in [3.63, 3.8) is 0 Å². The van der Waals surface area contributed by atoms with Gasteiger partial charge < -0.3 is 20.7 Å². The normalized spacial score (nSPS) is 19.2.